The quantitative estimate of drug-likeness (QED) is 0.631. The fourth-order valence-electron chi connectivity index (χ4n) is 3.70. The molecule has 2 N–H and O–H groups in total. The molecule has 7 heteroatoms. The van der Waals surface area contributed by atoms with E-state index in [1.54, 1.807) is 12.1 Å². The van der Waals surface area contributed by atoms with Gasteiger partial charge >= 0.3 is 0 Å². The zero-order chi connectivity index (χ0) is 20.8. The molecule has 0 aliphatic carbocycles. The minimum absolute atomic E-state index is 0.00634. The number of rotatable bonds is 6. The maximum atomic E-state index is 12.4. The molecule has 0 unspecified atom stereocenters. The molecule has 3 aromatic rings. The number of H-pyrrole nitrogens is 1. The third-order valence-electron chi connectivity index (χ3n) is 5.25. The Balaban J connectivity index is 1.26. The Hall–Kier alpha value is -2.67. The van der Waals surface area contributed by atoms with Crippen molar-refractivity contribution in [2.75, 3.05) is 38.0 Å². The lowest BCUT2D eigenvalue weighted by molar-refractivity contribution is -0.117. The van der Waals surface area contributed by atoms with Crippen molar-refractivity contribution in [3.63, 3.8) is 0 Å². The van der Waals surface area contributed by atoms with E-state index in [4.69, 9.17) is 11.6 Å². The molecule has 0 atom stereocenters. The number of amides is 1. The van der Waals surface area contributed by atoms with Crippen molar-refractivity contribution in [1.82, 2.24) is 19.8 Å². The molecule has 0 bridgehead atoms. The lowest BCUT2D eigenvalue weighted by Crippen LogP contribution is -2.36. The second-order valence-electron chi connectivity index (χ2n) is 7.58. The van der Waals surface area contributed by atoms with Crippen LogP contribution in [0.5, 0.6) is 0 Å². The first-order chi connectivity index (χ1) is 14.7. The summed E-state index contributed by atoms with van der Waals surface area (Å²) in [7, 11) is 0. The molecule has 4 rings (SSSR count). The number of benzene rings is 2. The summed E-state index contributed by atoms with van der Waals surface area (Å²) in [6.45, 7) is 4.96. The number of aromatic amines is 1. The van der Waals surface area contributed by atoms with Crippen molar-refractivity contribution >= 4 is 23.2 Å². The van der Waals surface area contributed by atoms with Crippen LogP contribution in [0.2, 0.25) is 5.02 Å². The second-order valence-corrected chi connectivity index (χ2v) is 8.02. The monoisotopic (exact) mass is 423 g/mol. The third kappa shape index (κ3) is 5.69. The van der Waals surface area contributed by atoms with Gasteiger partial charge in [0.1, 0.15) is 5.82 Å². The van der Waals surface area contributed by atoms with E-state index >= 15 is 0 Å². The van der Waals surface area contributed by atoms with Gasteiger partial charge in [-0.25, -0.2) is 4.98 Å². The Labute approximate surface area is 181 Å². The van der Waals surface area contributed by atoms with E-state index in [-0.39, 0.29) is 5.91 Å². The molecule has 1 saturated heterocycles. The van der Waals surface area contributed by atoms with Crippen LogP contribution in [0.1, 0.15) is 12.1 Å². The van der Waals surface area contributed by atoms with Gasteiger partial charge in [0.05, 0.1) is 6.54 Å². The van der Waals surface area contributed by atoms with Crippen molar-refractivity contribution in [3.05, 3.63) is 71.5 Å². The maximum Gasteiger partial charge on any atom is 0.238 e. The zero-order valence-corrected chi connectivity index (χ0v) is 17.6. The van der Waals surface area contributed by atoms with Crippen LogP contribution in [-0.4, -0.2) is 58.4 Å². The maximum absolute atomic E-state index is 12.4. The molecule has 0 saturated carbocycles. The van der Waals surface area contributed by atoms with Crippen molar-refractivity contribution in [3.8, 4) is 11.4 Å². The van der Waals surface area contributed by atoms with E-state index < -0.39 is 0 Å². The van der Waals surface area contributed by atoms with Gasteiger partial charge in [-0.15, -0.1) is 0 Å². The number of imidazole rings is 1. The van der Waals surface area contributed by atoms with Gasteiger partial charge in [0, 0.05) is 47.8 Å². The van der Waals surface area contributed by atoms with Gasteiger partial charge in [0.15, 0.2) is 0 Å². The van der Waals surface area contributed by atoms with E-state index in [2.05, 4.69) is 37.2 Å². The number of carbonyl (C=O) groups excluding carboxylic acids is 1. The lowest BCUT2D eigenvalue weighted by Gasteiger charge is -2.21. The second kappa shape index (κ2) is 9.89. The molecule has 2 heterocycles. The fourth-order valence-corrected chi connectivity index (χ4v) is 3.83. The largest absolute Gasteiger partial charge is 0.341 e. The molecule has 1 aliphatic heterocycles. The van der Waals surface area contributed by atoms with Crippen LogP contribution in [0, 0.1) is 0 Å². The molecular weight excluding hydrogens is 398 g/mol. The van der Waals surface area contributed by atoms with Crippen LogP contribution < -0.4 is 5.32 Å². The Morgan fingerprint density at radius 1 is 1.00 bits per heavy atom. The standard InChI is InChI=1S/C23H26ClN5O/c24-19-7-9-20(10-8-19)26-22(30)17-29-12-4-11-28(13-14-29)16-21-15-25-23(27-21)18-5-2-1-3-6-18/h1-3,5-10,15H,4,11-14,16-17H2,(H,25,27)(H,26,30). The van der Waals surface area contributed by atoms with Gasteiger partial charge in [0.25, 0.3) is 0 Å². The highest BCUT2D eigenvalue weighted by atomic mass is 35.5. The molecular formula is C23H26ClN5O. The SMILES string of the molecule is O=C(CN1CCCN(Cc2cnc(-c3ccccc3)[nH]2)CC1)Nc1ccc(Cl)cc1. The molecule has 1 aliphatic rings. The van der Waals surface area contributed by atoms with E-state index in [0.717, 1.165) is 61.9 Å². The molecule has 6 nitrogen and oxygen atoms in total. The highest BCUT2D eigenvalue weighted by molar-refractivity contribution is 6.30. The summed E-state index contributed by atoms with van der Waals surface area (Å²) in [5, 5.41) is 3.60. The van der Waals surface area contributed by atoms with Crippen molar-refractivity contribution in [2.24, 2.45) is 0 Å². The molecule has 1 aromatic heterocycles. The minimum atomic E-state index is 0.00634. The number of nitrogens with one attached hydrogen (secondary N) is 2. The highest BCUT2D eigenvalue weighted by Crippen LogP contribution is 2.16. The van der Waals surface area contributed by atoms with Crippen LogP contribution >= 0.6 is 11.6 Å². The first kappa shape index (κ1) is 20.6. The molecule has 30 heavy (non-hydrogen) atoms. The summed E-state index contributed by atoms with van der Waals surface area (Å²) in [5.74, 6) is 0.910. The smallest absolute Gasteiger partial charge is 0.238 e. The minimum Gasteiger partial charge on any atom is -0.341 e. The van der Waals surface area contributed by atoms with Crippen LogP contribution in [-0.2, 0) is 11.3 Å². The summed E-state index contributed by atoms with van der Waals surface area (Å²) in [6, 6.07) is 17.3. The van der Waals surface area contributed by atoms with Crippen molar-refractivity contribution in [1.29, 1.82) is 0 Å². The zero-order valence-electron chi connectivity index (χ0n) is 16.9. The lowest BCUT2D eigenvalue weighted by atomic mass is 10.2. The number of hydrogen-bond donors (Lipinski definition) is 2. The summed E-state index contributed by atoms with van der Waals surface area (Å²) in [6.07, 6.45) is 2.96. The number of carbonyl (C=O) groups is 1. The van der Waals surface area contributed by atoms with Crippen LogP contribution in [0.3, 0.4) is 0 Å². The summed E-state index contributed by atoms with van der Waals surface area (Å²) in [4.78, 5) is 25.0. The summed E-state index contributed by atoms with van der Waals surface area (Å²) < 4.78 is 0. The average Bonchev–Trinajstić information content (AvgIpc) is 3.11. The van der Waals surface area contributed by atoms with Crippen molar-refractivity contribution in [2.45, 2.75) is 13.0 Å². The van der Waals surface area contributed by atoms with Gasteiger partial charge in [-0.3, -0.25) is 14.6 Å². The Bertz CT molecular complexity index is 957. The Morgan fingerprint density at radius 2 is 1.73 bits per heavy atom. The van der Waals surface area contributed by atoms with Crippen LogP contribution in [0.25, 0.3) is 11.4 Å². The molecule has 2 aromatic carbocycles. The van der Waals surface area contributed by atoms with Crippen LogP contribution in [0.15, 0.2) is 60.8 Å². The van der Waals surface area contributed by atoms with E-state index in [1.165, 1.54) is 0 Å². The molecule has 1 amide bonds. The molecule has 156 valence electrons. The van der Waals surface area contributed by atoms with Gasteiger partial charge in [0.2, 0.25) is 5.91 Å². The van der Waals surface area contributed by atoms with Crippen molar-refractivity contribution < 1.29 is 4.79 Å². The van der Waals surface area contributed by atoms with E-state index in [0.29, 0.717) is 11.6 Å². The summed E-state index contributed by atoms with van der Waals surface area (Å²) >= 11 is 5.89. The average molecular weight is 424 g/mol. The van der Waals surface area contributed by atoms with Gasteiger partial charge in [-0.2, -0.15) is 0 Å². The Kier molecular flexibility index (Phi) is 6.79. The number of nitrogens with zero attached hydrogens (tertiary/aromatic N) is 3. The number of halogens is 1. The highest BCUT2D eigenvalue weighted by Gasteiger charge is 2.18. The van der Waals surface area contributed by atoms with Gasteiger partial charge in [-0.1, -0.05) is 41.9 Å². The fraction of sp³-hybridized carbons (Fsp3) is 0.304. The number of aromatic nitrogens is 2. The first-order valence-corrected chi connectivity index (χ1v) is 10.6. The predicted octanol–water partition coefficient (Wildman–Crippen LogP) is 3.88. The van der Waals surface area contributed by atoms with E-state index in [1.807, 2.05) is 36.5 Å². The third-order valence-corrected chi connectivity index (χ3v) is 5.50. The molecule has 0 radical (unpaired) electrons. The van der Waals surface area contributed by atoms with E-state index in [9.17, 15) is 4.79 Å². The van der Waals surface area contributed by atoms with Crippen LogP contribution in [0.4, 0.5) is 5.69 Å². The summed E-state index contributed by atoms with van der Waals surface area (Å²) in [5.41, 5.74) is 2.98. The normalized spacial score (nSPS) is 15.6. The van der Waals surface area contributed by atoms with Gasteiger partial charge in [-0.05, 0) is 43.8 Å². The predicted molar refractivity (Wildman–Crippen MR) is 120 cm³/mol. The van der Waals surface area contributed by atoms with Gasteiger partial charge < -0.3 is 10.3 Å². The topological polar surface area (TPSA) is 64.3 Å². The molecule has 0 spiro atoms. The number of anilines is 1. The first-order valence-electron chi connectivity index (χ1n) is 10.3. The number of hydrogen-bond acceptors (Lipinski definition) is 4. The Morgan fingerprint density at radius 3 is 2.53 bits per heavy atom. The molecule has 1 fully saturated rings.